The largest absolute Gasteiger partial charge is 0.504 e. The topological polar surface area (TPSA) is 87.1 Å². The van der Waals surface area contributed by atoms with Gasteiger partial charge in [0, 0.05) is 19.2 Å². The smallest absolute Gasteiger partial charge is 0.307 e. The summed E-state index contributed by atoms with van der Waals surface area (Å²) in [5.41, 5.74) is 0.234. The summed E-state index contributed by atoms with van der Waals surface area (Å²) < 4.78 is 4.47. The van der Waals surface area contributed by atoms with Crippen LogP contribution in [0.4, 0.5) is 0 Å². The Bertz CT molecular complexity index is 458. The predicted molar refractivity (Wildman–Crippen MR) is 63.4 cm³/mol. The molecule has 2 N–H and O–H groups in total. The molecule has 0 atom stereocenters. The van der Waals surface area contributed by atoms with Crippen molar-refractivity contribution in [3.05, 3.63) is 23.8 Å². The summed E-state index contributed by atoms with van der Waals surface area (Å²) >= 11 is 0. The lowest BCUT2D eigenvalue weighted by atomic mass is 10.1. The van der Waals surface area contributed by atoms with Gasteiger partial charge in [0.2, 0.25) is 0 Å². The lowest BCUT2D eigenvalue weighted by Crippen LogP contribution is -2.29. The second-order valence-electron chi connectivity index (χ2n) is 3.76. The highest BCUT2D eigenvalue weighted by Crippen LogP contribution is 2.25. The van der Waals surface area contributed by atoms with Gasteiger partial charge in [-0.1, -0.05) is 0 Å². The Kier molecular flexibility index (Phi) is 4.53. The molecular formula is C12H15NO5. The van der Waals surface area contributed by atoms with E-state index in [0.29, 0.717) is 0 Å². The van der Waals surface area contributed by atoms with E-state index >= 15 is 0 Å². The predicted octanol–water partition coefficient (Wildman–Crippen LogP) is 0.733. The Balaban J connectivity index is 2.68. The first kappa shape index (κ1) is 13.8. The number of esters is 1. The molecule has 0 spiro atoms. The number of methoxy groups -OCH3 is 1. The van der Waals surface area contributed by atoms with Gasteiger partial charge in [-0.05, 0) is 18.2 Å². The van der Waals surface area contributed by atoms with Gasteiger partial charge in [-0.15, -0.1) is 0 Å². The summed E-state index contributed by atoms with van der Waals surface area (Å²) in [6.45, 7) is 0.215. The lowest BCUT2D eigenvalue weighted by molar-refractivity contribution is -0.140. The molecule has 0 aliphatic carbocycles. The molecule has 0 fully saturated rings. The highest BCUT2D eigenvalue weighted by atomic mass is 16.5. The zero-order valence-corrected chi connectivity index (χ0v) is 10.2. The average molecular weight is 253 g/mol. The van der Waals surface area contributed by atoms with Crippen LogP contribution in [0.2, 0.25) is 0 Å². The van der Waals surface area contributed by atoms with Crippen LogP contribution in [0.3, 0.4) is 0 Å². The van der Waals surface area contributed by atoms with E-state index in [9.17, 15) is 14.7 Å². The average Bonchev–Trinajstić information content (AvgIpc) is 2.37. The molecule has 1 rings (SSSR count). The number of carbonyl (C=O) groups is 2. The molecule has 98 valence electrons. The number of hydrogen-bond donors (Lipinski definition) is 2. The number of phenols is 2. The van der Waals surface area contributed by atoms with E-state index < -0.39 is 5.97 Å². The van der Waals surface area contributed by atoms with Gasteiger partial charge in [0.05, 0.1) is 13.5 Å². The first-order valence-electron chi connectivity index (χ1n) is 5.30. The number of hydrogen-bond acceptors (Lipinski definition) is 5. The number of benzene rings is 1. The van der Waals surface area contributed by atoms with E-state index in [1.54, 1.807) is 0 Å². The fourth-order valence-corrected chi connectivity index (χ4v) is 1.34. The van der Waals surface area contributed by atoms with E-state index in [2.05, 4.69) is 4.74 Å². The summed E-state index contributed by atoms with van der Waals surface area (Å²) in [6, 6.07) is 3.80. The standard InChI is InChI=1S/C12H15NO5/c1-13(6-5-11(16)18-2)12(17)8-3-4-9(14)10(15)7-8/h3-4,7,14-15H,5-6H2,1-2H3. The maximum Gasteiger partial charge on any atom is 0.307 e. The first-order valence-corrected chi connectivity index (χ1v) is 5.30. The zero-order valence-electron chi connectivity index (χ0n) is 10.2. The molecular weight excluding hydrogens is 238 g/mol. The number of amides is 1. The SMILES string of the molecule is COC(=O)CCN(C)C(=O)c1ccc(O)c(O)c1. The van der Waals surface area contributed by atoms with E-state index in [-0.39, 0.29) is 35.9 Å². The summed E-state index contributed by atoms with van der Waals surface area (Å²) in [5.74, 6) is -1.40. The van der Waals surface area contributed by atoms with Gasteiger partial charge >= 0.3 is 5.97 Å². The van der Waals surface area contributed by atoms with E-state index in [0.717, 1.165) is 0 Å². The number of rotatable bonds is 4. The molecule has 0 bridgehead atoms. The minimum atomic E-state index is -0.400. The Morgan fingerprint density at radius 2 is 1.94 bits per heavy atom. The zero-order chi connectivity index (χ0) is 13.7. The Labute approximate surface area is 104 Å². The van der Waals surface area contributed by atoms with Crippen LogP contribution in [0.5, 0.6) is 11.5 Å². The highest BCUT2D eigenvalue weighted by molar-refractivity contribution is 5.94. The maximum absolute atomic E-state index is 11.9. The van der Waals surface area contributed by atoms with Crippen molar-refractivity contribution in [3.63, 3.8) is 0 Å². The van der Waals surface area contributed by atoms with Crippen LogP contribution >= 0.6 is 0 Å². The maximum atomic E-state index is 11.9. The van der Waals surface area contributed by atoms with Crippen molar-refractivity contribution in [3.8, 4) is 11.5 Å². The molecule has 0 aliphatic heterocycles. The van der Waals surface area contributed by atoms with Crippen molar-refractivity contribution in [1.82, 2.24) is 4.90 Å². The summed E-state index contributed by atoms with van der Waals surface area (Å²) in [5, 5.41) is 18.4. The van der Waals surface area contributed by atoms with Crippen LogP contribution in [0.15, 0.2) is 18.2 Å². The van der Waals surface area contributed by atoms with Gasteiger partial charge < -0.3 is 19.8 Å². The lowest BCUT2D eigenvalue weighted by Gasteiger charge is -2.16. The molecule has 1 amide bonds. The fourth-order valence-electron chi connectivity index (χ4n) is 1.34. The van der Waals surface area contributed by atoms with Crippen LogP contribution in [-0.2, 0) is 9.53 Å². The molecule has 0 saturated carbocycles. The van der Waals surface area contributed by atoms with Crippen molar-refractivity contribution in [2.45, 2.75) is 6.42 Å². The third-order valence-corrected chi connectivity index (χ3v) is 2.45. The van der Waals surface area contributed by atoms with Crippen LogP contribution in [0.1, 0.15) is 16.8 Å². The van der Waals surface area contributed by atoms with Crippen molar-refractivity contribution < 1.29 is 24.5 Å². The van der Waals surface area contributed by atoms with Crippen molar-refractivity contribution >= 4 is 11.9 Å². The molecule has 6 heteroatoms. The molecule has 0 radical (unpaired) electrons. The molecule has 0 aromatic heterocycles. The van der Waals surface area contributed by atoms with Gasteiger partial charge in [-0.2, -0.15) is 0 Å². The van der Waals surface area contributed by atoms with Crippen LogP contribution < -0.4 is 0 Å². The minimum Gasteiger partial charge on any atom is -0.504 e. The number of carbonyl (C=O) groups excluding carboxylic acids is 2. The van der Waals surface area contributed by atoms with E-state index in [4.69, 9.17) is 5.11 Å². The molecule has 1 aromatic carbocycles. The second kappa shape index (κ2) is 5.90. The molecule has 0 unspecified atom stereocenters. The fraction of sp³-hybridized carbons (Fsp3) is 0.333. The summed E-state index contributed by atoms with van der Waals surface area (Å²) in [6.07, 6.45) is 0.100. The van der Waals surface area contributed by atoms with Crippen molar-refractivity contribution in [2.24, 2.45) is 0 Å². The number of aromatic hydroxyl groups is 2. The van der Waals surface area contributed by atoms with Crippen molar-refractivity contribution in [1.29, 1.82) is 0 Å². The third kappa shape index (κ3) is 3.38. The Morgan fingerprint density at radius 3 is 2.50 bits per heavy atom. The normalized spacial score (nSPS) is 9.89. The minimum absolute atomic E-state index is 0.100. The third-order valence-electron chi connectivity index (χ3n) is 2.45. The molecule has 0 saturated heterocycles. The van der Waals surface area contributed by atoms with E-state index in [1.807, 2.05) is 0 Å². The van der Waals surface area contributed by atoms with Gasteiger partial charge in [0.15, 0.2) is 11.5 Å². The first-order chi connectivity index (χ1) is 8.45. The number of ether oxygens (including phenoxy) is 1. The van der Waals surface area contributed by atoms with Crippen LogP contribution in [-0.4, -0.2) is 47.7 Å². The number of nitrogens with zero attached hydrogens (tertiary/aromatic N) is 1. The summed E-state index contributed by atoms with van der Waals surface area (Å²) in [4.78, 5) is 24.2. The van der Waals surface area contributed by atoms with Gasteiger partial charge in [-0.25, -0.2) is 0 Å². The second-order valence-corrected chi connectivity index (χ2v) is 3.76. The highest BCUT2D eigenvalue weighted by Gasteiger charge is 2.14. The molecule has 18 heavy (non-hydrogen) atoms. The Morgan fingerprint density at radius 1 is 1.28 bits per heavy atom. The van der Waals surface area contributed by atoms with Crippen LogP contribution in [0.25, 0.3) is 0 Å². The van der Waals surface area contributed by atoms with Crippen molar-refractivity contribution in [2.75, 3.05) is 20.7 Å². The van der Waals surface area contributed by atoms with Gasteiger partial charge in [-0.3, -0.25) is 9.59 Å². The molecule has 1 aromatic rings. The summed E-state index contributed by atoms with van der Waals surface area (Å²) in [7, 11) is 2.82. The Hall–Kier alpha value is -2.24. The molecule has 0 aliphatic rings. The monoisotopic (exact) mass is 253 g/mol. The van der Waals surface area contributed by atoms with Gasteiger partial charge in [0.1, 0.15) is 0 Å². The molecule has 0 heterocycles. The molecule has 6 nitrogen and oxygen atoms in total. The van der Waals surface area contributed by atoms with Gasteiger partial charge in [0.25, 0.3) is 5.91 Å². The van der Waals surface area contributed by atoms with Crippen LogP contribution in [0, 0.1) is 0 Å². The quantitative estimate of drug-likeness (QED) is 0.610. The number of phenolic OH excluding ortho intramolecular Hbond substituents is 2. The van der Waals surface area contributed by atoms with E-state index in [1.165, 1.54) is 37.3 Å².